The van der Waals surface area contributed by atoms with Crippen LogP contribution in [-0.4, -0.2) is 18.0 Å². The van der Waals surface area contributed by atoms with Gasteiger partial charge in [-0.2, -0.15) is 13.2 Å². The predicted octanol–water partition coefficient (Wildman–Crippen LogP) is 4.02. The standard InChI is InChI=1S/C15H15F3N2O2/c16-15(17,18)13-7-12(20(21)22)5-6-14(13)19-8-10-3-1-2-4-11(10)9-19/h1-2,5-7,10-11H,3-4,8-9H2. The van der Waals surface area contributed by atoms with Crippen LogP contribution in [0, 0.1) is 22.0 Å². The fourth-order valence-electron chi connectivity index (χ4n) is 3.35. The lowest BCUT2D eigenvalue weighted by Gasteiger charge is -2.23. The molecule has 0 aromatic heterocycles. The summed E-state index contributed by atoms with van der Waals surface area (Å²) in [5.41, 5.74) is -1.41. The van der Waals surface area contributed by atoms with Crippen molar-refractivity contribution >= 4 is 11.4 Å². The van der Waals surface area contributed by atoms with Crippen molar-refractivity contribution in [3.63, 3.8) is 0 Å². The molecular formula is C15H15F3N2O2. The van der Waals surface area contributed by atoms with Gasteiger partial charge in [0, 0.05) is 30.9 Å². The Morgan fingerprint density at radius 3 is 2.23 bits per heavy atom. The van der Waals surface area contributed by atoms with Crippen LogP contribution in [0.4, 0.5) is 24.5 Å². The van der Waals surface area contributed by atoms with E-state index in [0.29, 0.717) is 31.0 Å². The van der Waals surface area contributed by atoms with E-state index in [1.54, 1.807) is 4.90 Å². The molecule has 4 nitrogen and oxygen atoms in total. The molecule has 2 unspecified atom stereocenters. The third kappa shape index (κ3) is 2.67. The van der Waals surface area contributed by atoms with Crippen LogP contribution in [0.3, 0.4) is 0 Å². The van der Waals surface area contributed by atoms with E-state index in [2.05, 4.69) is 12.2 Å². The molecular weight excluding hydrogens is 297 g/mol. The molecule has 1 aromatic carbocycles. The lowest BCUT2D eigenvalue weighted by atomic mass is 9.86. The summed E-state index contributed by atoms with van der Waals surface area (Å²) in [5.74, 6) is 0.725. The van der Waals surface area contributed by atoms with E-state index in [-0.39, 0.29) is 5.69 Å². The number of fused-ring (bicyclic) bond motifs is 1. The van der Waals surface area contributed by atoms with Crippen LogP contribution in [0.1, 0.15) is 18.4 Å². The minimum absolute atomic E-state index is 0.0486. The van der Waals surface area contributed by atoms with Crippen LogP contribution in [0.5, 0.6) is 0 Å². The quantitative estimate of drug-likeness (QED) is 0.471. The molecule has 1 aliphatic heterocycles. The minimum atomic E-state index is -4.60. The van der Waals surface area contributed by atoms with Gasteiger partial charge in [-0.05, 0) is 30.7 Å². The van der Waals surface area contributed by atoms with Crippen molar-refractivity contribution in [2.24, 2.45) is 11.8 Å². The molecule has 2 atom stereocenters. The van der Waals surface area contributed by atoms with Gasteiger partial charge in [0.15, 0.2) is 0 Å². The third-order valence-electron chi connectivity index (χ3n) is 4.46. The van der Waals surface area contributed by atoms with Crippen molar-refractivity contribution in [2.45, 2.75) is 19.0 Å². The Morgan fingerprint density at radius 1 is 1.14 bits per heavy atom. The molecule has 1 heterocycles. The van der Waals surface area contributed by atoms with Crippen molar-refractivity contribution in [1.82, 2.24) is 0 Å². The van der Waals surface area contributed by atoms with E-state index in [1.165, 1.54) is 6.07 Å². The molecule has 0 saturated carbocycles. The van der Waals surface area contributed by atoms with Crippen LogP contribution < -0.4 is 4.90 Å². The molecule has 3 rings (SSSR count). The normalized spacial score (nSPS) is 24.4. The van der Waals surface area contributed by atoms with E-state index < -0.39 is 22.4 Å². The molecule has 0 N–H and O–H groups in total. The second-order valence-electron chi connectivity index (χ2n) is 5.82. The van der Waals surface area contributed by atoms with Gasteiger partial charge in [-0.15, -0.1) is 0 Å². The Morgan fingerprint density at radius 2 is 1.73 bits per heavy atom. The molecule has 0 bridgehead atoms. The number of anilines is 1. The highest BCUT2D eigenvalue weighted by atomic mass is 19.4. The number of non-ortho nitro benzene ring substituents is 1. The van der Waals surface area contributed by atoms with Crippen LogP contribution >= 0.6 is 0 Å². The van der Waals surface area contributed by atoms with Crippen molar-refractivity contribution in [3.05, 3.63) is 46.0 Å². The van der Waals surface area contributed by atoms with Crippen molar-refractivity contribution in [3.8, 4) is 0 Å². The van der Waals surface area contributed by atoms with E-state index >= 15 is 0 Å². The zero-order valence-electron chi connectivity index (χ0n) is 11.7. The zero-order chi connectivity index (χ0) is 15.9. The van der Waals surface area contributed by atoms with Gasteiger partial charge in [0.25, 0.3) is 5.69 Å². The molecule has 0 spiro atoms. The second kappa shape index (κ2) is 5.30. The number of hydrogen-bond donors (Lipinski definition) is 0. The third-order valence-corrected chi connectivity index (χ3v) is 4.46. The Kier molecular flexibility index (Phi) is 3.58. The number of alkyl halides is 3. The topological polar surface area (TPSA) is 46.4 Å². The van der Waals surface area contributed by atoms with E-state index in [9.17, 15) is 23.3 Å². The molecule has 2 aliphatic rings. The van der Waals surface area contributed by atoms with Crippen LogP contribution in [0.2, 0.25) is 0 Å². The van der Waals surface area contributed by atoms with E-state index in [0.717, 1.165) is 18.9 Å². The van der Waals surface area contributed by atoms with Gasteiger partial charge in [0.05, 0.1) is 10.5 Å². The smallest absolute Gasteiger partial charge is 0.370 e. The number of benzene rings is 1. The first-order valence-electron chi connectivity index (χ1n) is 7.12. The van der Waals surface area contributed by atoms with Crippen LogP contribution in [0.25, 0.3) is 0 Å². The number of hydrogen-bond acceptors (Lipinski definition) is 3. The monoisotopic (exact) mass is 312 g/mol. The number of rotatable bonds is 2. The highest BCUT2D eigenvalue weighted by molar-refractivity contribution is 5.60. The summed E-state index contributed by atoms with van der Waals surface area (Å²) in [7, 11) is 0. The molecule has 1 aliphatic carbocycles. The number of nitrogens with zero attached hydrogens (tertiary/aromatic N) is 2. The molecule has 22 heavy (non-hydrogen) atoms. The summed E-state index contributed by atoms with van der Waals surface area (Å²) < 4.78 is 39.8. The van der Waals surface area contributed by atoms with E-state index in [1.807, 2.05) is 0 Å². The van der Waals surface area contributed by atoms with Crippen LogP contribution in [0.15, 0.2) is 30.4 Å². The Balaban J connectivity index is 1.95. The molecule has 0 radical (unpaired) electrons. The predicted molar refractivity (Wildman–Crippen MR) is 75.7 cm³/mol. The molecule has 118 valence electrons. The maximum Gasteiger partial charge on any atom is 0.418 e. The summed E-state index contributed by atoms with van der Waals surface area (Å²) in [4.78, 5) is 11.7. The molecule has 0 amide bonds. The largest absolute Gasteiger partial charge is 0.418 e. The lowest BCUT2D eigenvalue weighted by Crippen LogP contribution is -2.23. The van der Waals surface area contributed by atoms with Gasteiger partial charge in [0.1, 0.15) is 0 Å². The maximum absolute atomic E-state index is 13.3. The number of nitro groups is 1. The number of halogens is 3. The summed E-state index contributed by atoms with van der Waals surface area (Å²) in [6.45, 7) is 1.13. The van der Waals surface area contributed by atoms with Gasteiger partial charge in [-0.1, -0.05) is 12.2 Å². The van der Waals surface area contributed by atoms with Crippen molar-refractivity contribution in [1.29, 1.82) is 0 Å². The Labute approximate surface area is 125 Å². The minimum Gasteiger partial charge on any atom is -0.370 e. The second-order valence-corrected chi connectivity index (χ2v) is 5.82. The van der Waals surface area contributed by atoms with Crippen LogP contribution in [-0.2, 0) is 6.18 Å². The molecule has 1 saturated heterocycles. The highest BCUT2D eigenvalue weighted by Crippen LogP contribution is 2.42. The van der Waals surface area contributed by atoms with Gasteiger partial charge in [0.2, 0.25) is 0 Å². The molecule has 1 aromatic rings. The Bertz CT molecular complexity index is 612. The van der Waals surface area contributed by atoms with Gasteiger partial charge >= 0.3 is 6.18 Å². The maximum atomic E-state index is 13.3. The fraction of sp³-hybridized carbons (Fsp3) is 0.467. The summed E-state index contributed by atoms with van der Waals surface area (Å²) in [6, 6.07) is 3.01. The first-order valence-corrected chi connectivity index (χ1v) is 7.12. The highest BCUT2D eigenvalue weighted by Gasteiger charge is 2.40. The summed E-state index contributed by atoms with van der Waals surface area (Å²) >= 11 is 0. The van der Waals surface area contributed by atoms with Gasteiger partial charge in [-0.25, -0.2) is 0 Å². The van der Waals surface area contributed by atoms with Gasteiger partial charge < -0.3 is 4.90 Å². The summed E-state index contributed by atoms with van der Waals surface area (Å²) in [5, 5.41) is 10.7. The number of nitro benzene ring substituents is 1. The van der Waals surface area contributed by atoms with E-state index in [4.69, 9.17) is 0 Å². The average molecular weight is 312 g/mol. The van der Waals surface area contributed by atoms with Crippen molar-refractivity contribution in [2.75, 3.05) is 18.0 Å². The first kappa shape index (κ1) is 14.9. The van der Waals surface area contributed by atoms with Gasteiger partial charge in [-0.3, -0.25) is 10.1 Å². The molecule has 1 fully saturated rings. The SMILES string of the molecule is O=[N+]([O-])c1ccc(N2CC3CC=CCC3C2)c(C(F)(F)F)c1. The first-order chi connectivity index (χ1) is 10.4. The Hall–Kier alpha value is -2.05. The zero-order valence-corrected chi connectivity index (χ0v) is 11.7. The molecule has 7 heteroatoms. The van der Waals surface area contributed by atoms with Crippen molar-refractivity contribution < 1.29 is 18.1 Å². The summed E-state index contributed by atoms with van der Waals surface area (Å²) in [6.07, 6.45) is 1.31. The lowest BCUT2D eigenvalue weighted by molar-refractivity contribution is -0.385. The average Bonchev–Trinajstić information content (AvgIpc) is 2.89. The fourth-order valence-corrected chi connectivity index (χ4v) is 3.35. The number of allylic oxidation sites excluding steroid dienone is 2.